The number of carbonyl (C=O) groups is 2. The van der Waals surface area contributed by atoms with E-state index in [4.69, 9.17) is 5.14 Å². The van der Waals surface area contributed by atoms with Gasteiger partial charge in [0.25, 0.3) is 0 Å². The van der Waals surface area contributed by atoms with E-state index in [1.54, 1.807) is 0 Å². The van der Waals surface area contributed by atoms with Crippen molar-refractivity contribution in [3.05, 3.63) is 29.8 Å². The Morgan fingerprint density at radius 3 is 2.38 bits per heavy atom. The summed E-state index contributed by atoms with van der Waals surface area (Å²) in [6.07, 6.45) is -4.16. The quantitative estimate of drug-likeness (QED) is 0.761. The molecule has 3 N–H and O–H groups in total. The highest BCUT2D eigenvalue weighted by Crippen LogP contribution is 2.25. The van der Waals surface area contributed by atoms with Crippen LogP contribution in [0.1, 0.15) is 18.4 Å². The Morgan fingerprint density at radius 2 is 1.85 bits per heavy atom. The summed E-state index contributed by atoms with van der Waals surface area (Å²) in [6, 6.07) is 4.58. The molecule has 26 heavy (non-hydrogen) atoms. The lowest BCUT2D eigenvalue weighted by Gasteiger charge is -2.24. The molecule has 0 bridgehead atoms. The summed E-state index contributed by atoms with van der Waals surface area (Å²) in [5, 5.41) is 7.50. The summed E-state index contributed by atoms with van der Waals surface area (Å²) in [4.78, 5) is 24.0. The molecular weight excluding hydrogens is 375 g/mol. The van der Waals surface area contributed by atoms with E-state index in [-0.39, 0.29) is 24.4 Å². The fourth-order valence-corrected chi connectivity index (χ4v) is 3.25. The van der Waals surface area contributed by atoms with Crippen LogP contribution in [0.15, 0.2) is 29.2 Å². The monoisotopic (exact) mass is 393 g/mol. The number of benzene rings is 1. The van der Waals surface area contributed by atoms with Gasteiger partial charge in [0.05, 0.1) is 4.90 Å². The predicted molar refractivity (Wildman–Crippen MR) is 85.3 cm³/mol. The van der Waals surface area contributed by atoms with Gasteiger partial charge >= 0.3 is 12.1 Å². The Bertz CT molecular complexity index is 778. The maximum Gasteiger partial charge on any atom is 0.471 e. The Hall–Kier alpha value is -2.14. The fraction of sp³-hybridized carbons (Fsp3) is 0.467. The average molecular weight is 393 g/mol. The molecule has 1 unspecified atom stereocenters. The molecule has 7 nitrogen and oxygen atoms in total. The lowest BCUT2D eigenvalue weighted by Crippen LogP contribution is -2.50. The van der Waals surface area contributed by atoms with Gasteiger partial charge in [-0.2, -0.15) is 13.2 Å². The van der Waals surface area contributed by atoms with E-state index < -0.39 is 34.1 Å². The third-order valence-electron chi connectivity index (χ3n) is 4.02. The summed E-state index contributed by atoms with van der Waals surface area (Å²) < 4.78 is 60.0. The molecule has 0 radical (unpaired) electrons. The van der Waals surface area contributed by atoms with Crippen molar-refractivity contribution < 1.29 is 31.2 Å². The van der Waals surface area contributed by atoms with E-state index in [1.165, 1.54) is 24.3 Å². The topological polar surface area (TPSA) is 110 Å². The van der Waals surface area contributed by atoms with Gasteiger partial charge in [-0.1, -0.05) is 12.1 Å². The van der Waals surface area contributed by atoms with Gasteiger partial charge < -0.3 is 10.2 Å². The first-order chi connectivity index (χ1) is 12.0. The molecular formula is C15H18F3N3O4S. The second kappa shape index (κ2) is 7.62. The van der Waals surface area contributed by atoms with Gasteiger partial charge in [0, 0.05) is 13.1 Å². The molecule has 11 heteroatoms. The van der Waals surface area contributed by atoms with Crippen molar-refractivity contribution in [2.45, 2.75) is 36.4 Å². The summed E-state index contributed by atoms with van der Waals surface area (Å²) >= 11 is 0. The number of nitrogens with one attached hydrogen (secondary N) is 1. The molecule has 1 aromatic rings. The Balaban J connectivity index is 1.89. The molecule has 0 saturated carbocycles. The van der Waals surface area contributed by atoms with E-state index in [1.807, 2.05) is 0 Å². The van der Waals surface area contributed by atoms with E-state index in [0.29, 0.717) is 23.3 Å². The fourth-order valence-electron chi connectivity index (χ4n) is 2.74. The second-order valence-corrected chi connectivity index (χ2v) is 7.45. The van der Waals surface area contributed by atoms with Crippen LogP contribution in [0, 0.1) is 0 Å². The van der Waals surface area contributed by atoms with E-state index >= 15 is 0 Å². The minimum atomic E-state index is -5.01. The second-order valence-electron chi connectivity index (χ2n) is 5.88. The molecule has 1 aromatic carbocycles. The zero-order valence-electron chi connectivity index (χ0n) is 13.6. The smallest absolute Gasteiger partial charge is 0.354 e. The average Bonchev–Trinajstić information content (AvgIpc) is 3.02. The standard InChI is InChI=1S/C15H18F3N3O4S/c16-15(17,18)14(23)21-9-1-2-12(21)13(22)20-8-7-10-3-5-11(6-4-10)26(19,24)25/h3-6,12H,1-2,7-9H2,(H,20,22)(H2,19,24,25). The zero-order valence-corrected chi connectivity index (χ0v) is 14.4. The van der Waals surface area contributed by atoms with Crippen molar-refractivity contribution in [3.8, 4) is 0 Å². The van der Waals surface area contributed by atoms with Crippen LogP contribution < -0.4 is 10.5 Å². The molecule has 1 aliphatic heterocycles. The van der Waals surface area contributed by atoms with Crippen LogP contribution in [0.3, 0.4) is 0 Å². The summed E-state index contributed by atoms with van der Waals surface area (Å²) in [5.41, 5.74) is 0.715. The molecule has 1 atom stereocenters. The highest BCUT2D eigenvalue weighted by molar-refractivity contribution is 7.89. The van der Waals surface area contributed by atoms with E-state index in [2.05, 4.69) is 5.32 Å². The number of amides is 2. The minimum Gasteiger partial charge on any atom is -0.354 e. The van der Waals surface area contributed by atoms with Crippen LogP contribution >= 0.6 is 0 Å². The molecule has 1 saturated heterocycles. The number of alkyl halides is 3. The molecule has 144 valence electrons. The molecule has 0 aromatic heterocycles. The van der Waals surface area contributed by atoms with Crippen molar-refractivity contribution in [3.63, 3.8) is 0 Å². The number of sulfonamides is 1. The molecule has 2 amide bonds. The van der Waals surface area contributed by atoms with Crippen LogP contribution in [0.5, 0.6) is 0 Å². The first kappa shape index (κ1) is 20.2. The summed E-state index contributed by atoms with van der Waals surface area (Å²) in [5.74, 6) is -2.64. The van der Waals surface area contributed by atoms with E-state index in [0.717, 1.165) is 0 Å². The van der Waals surface area contributed by atoms with Crippen LogP contribution in [0.25, 0.3) is 0 Å². The maximum absolute atomic E-state index is 12.6. The van der Waals surface area contributed by atoms with Gasteiger partial charge in [-0.25, -0.2) is 13.6 Å². The van der Waals surface area contributed by atoms with Crippen LogP contribution in [0.4, 0.5) is 13.2 Å². The number of hydrogen-bond acceptors (Lipinski definition) is 4. The lowest BCUT2D eigenvalue weighted by atomic mass is 10.1. The number of rotatable bonds is 5. The third kappa shape index (κ3) is 4.94. The van der Waals surface area contributed by atoms with Gasteiger partial charge in [-0.05, 0) is 37.0 Å². The Kier molecular flexibility index (Phi) is 5.91. The van der Waals surface area contributed by atoms with Crippen molar-refractivity contribution in [1.29, 1.82) is 0 Å². The summed E-state index contributed by atoms with van der Waals surface area (Å²) in [7, 11) is -3.79. The molecule has 2 rings (SSSR count). The molecule has 0 aliphatic carbocycles. The predicted octanol–water partition coefficient (Wildman–Crippen LogP) is 0.546. The number of nitrogens with two attached hydrogens (primary N) is 1. The van der Waals surface area contributed by atoms with Gasteiger partial charge in [0.2, 0.25) is 15.9 Å². The lowest BCUT2D eigenvalue weighted by molar-refractivity contribution is -0.186. The number of nitrogens with zero attached hydrogens (tertiary/aromatic N) is 1. The number of carbonyl (C=O) groups excluding carboxylic acids is 2. The van der Waals surface area contributed by atoms with Crippen LogP contribution in [-0.4, -0.2) is 50.4 Å². The van der Waals surface area contributed by atoms with Gasteiger partial charge in [0.15, 0.2) is 0 Å². The van der Waals surface area contributed by atoms with Gasteiger partial charge in [-0.3, -0.25) is 9.59 Å². The van der Waals surface area contributed by atoms with Crippen molar-refractivity contribution >= 4 is 21.8 Å². The Morgan fingerprint density at radius 1 is 1.23 bits per heavy atom. The largest absolute Gasteiger partial charge is 0.471 e. The molecule has 1 aliphatic rings. The van der Waals surface area contributed by atoms with Crippen LogP contribution in [-0.2, 0) is 26.0 Å². The SMILES string of the molecule is NS(=O)(=O)c1ccc(CCNC(=O)C2CCCN2C(=O)C(F)(F)F)cc1. The highest BCUT2D eigenvalue weighted by atomic mass is 32.2. The zero-order chi connectivity index (χ0) is 19.5. The minimum absolute atomic E-state index is 0.0439. The first-order valence-electron chi connectivity index (χ1n) is 7.77. The molecule has 0 spiro atoms. The third-order valence-corrected chi connectivity index (χ3v) is 4.95. The van der Waals surface area contributed by atoms with Crippen molar-refractivity contribution in [2.75, 3.05) is 13.1 Å². The van der Waals surface area contributed by atoms with E-state index in [9.17, 15) is 31.2 Å². The first-order valence-corrected chi connectivity index (χ1v) is 9.32. The highest BCUT2D eigenvalue weighted by Gasteiger charge is 2.47. The number of primary sulfonamides is 1. The van der Waals surface area contributed by atoms with Crippen molar-refractivity contribution in [1.82, 2.24) is 10.2 Å². The van der Waals surface area contributed by atoms with Gasteiger partial charge in [0.1, 0.15) is 6.04 Å². The van der Waals surface area contributed by atoms with Crippen LogP contribution in [0.2, 0.25) is 0 Å². The molecule has 1 heterocycles. The Labute approximate surface area is 148 Å². The maximum atomic E-state index is 12.6. The number of hydrogen-bond donors (Lipinski definition) is 2. The molecule has 1 fully saturated rings. The number of halogens is 3. The van der Waals surface area contributed by atoms with Gasteiger partial charge in [-0.15, -0.1) is 0 Å². The number of likely N-dealkylation sites (tertiary alicyclic amines) is 1. The van der Waals surface area contributed by atoms with Crippen molar-refractivity contribution in [2.24, 2.45) is 5.14 Å². The summed E-state index contributed by atoms with van der Waals surface area (Å²) in [6.45, 7) is 0.0313. The normalized spacial score (nSPS) is 18.0.